The molecule has 0 nitrogen and oxygen atoms in total. The summed E-state index contributed by atoms with van der Waals surface area (Å²) >= 11 is 1.02. The van der Waals surface area contributed by atoms with Crippen LogP contribution in [0.3, 0.4) is 0 Å². The van der Waals surface area contributed by atoms with Crippen molar-refractivity contribution < 1.29 is 0 Å². The van der Waals surface area contributed by atoms with E-state index in [4.69, 9.17) is 0 Å². The van der Waals surface area contributed by atoms with Gasteiger partial charge < -0.3 is 0 Å². The monoisotopic (exact) mass is 144 g/mol. The summed E-state index contributed by atoms with van der Waals surface area (Å²) in [6.07, 6.45) is 1.29. The molecule has 1 aromatic carbocycles. The van der Waals surface area contributed by atoms with Gasteiger partial charge in [0, 0.05) is 0 Å². The molecule has 0 aliphatic rings. The van der Waals surface area contributed by atoms with Crippen LogP contribution in [0.25, 0.3) is 0 Å². The van der Waals surface area contributed by atoms with Gasteiger partial charge in [0.15, 0.2) is 0 Å². The molecule has 1 heteroatoms. The van der Waals surface area contributed by atoms with E-state index in [1.54, 1.807) is 0 Å². The molecule has 1 rings (SSSR count). The molecule has 0 atom stereocenters. The van der Waals surface area contributed by atoms with E-state index in [1.807, 2.05) is 0 Å². The van der Waals surface area contributed by atoms with Crippen LogP contribution in [0.1, 0.15) is 5.56 Å². The minimum atomic E-state index is 1.02. The molecule has 0 unspecified atom stereocenters. The topological polar surface area (TPSA) is 0 Å². The SMILES string of the molecule is [K][CH2]Cc1ccccc1. The van der Waals surface area contributed by atoms with Gasteiger partial charge in [0.1, 0.15) is 0 Å². The average molecular weight is 144 g/mol. The summed E-state index contributed by atoms with van der Waals surface area (Å²) in [5.41, 5.74) is 1.49. The van der Waals surface area contributed by atoms with Crippen molar-refractivity contribution in [2.24, 2.45) is 0 Å². The van der Waals surface area contributed by atoms with E-state index in [2.05, 4.69) is 30.3 Å². The van der Waals surface area contributed by atoms with Gasteiger partial charge in [-0.15, -0.1) is 0 Å². The maximum atomic E-state index is 2.20. The fourth-order valence-electron chi connectivity index (χ4n) is 0.933. The van der Waals surface area contributed by atoms with Crippen LogP contribution in [0.15, 0.2) is 30.3 Å². The van der Waals surface area contributed by atoms with E-state index in [0.29, 0.717) is 0 Å². The second-order valence-corrected chi connectivity index (χ2v) is 3.80. The zero-order chi connectivity index (χ0) is 6.53. The van der Waals surface area contributed by atoms with Crippen molar-refractivity contribution >= 4 is 49.0 Å². The Labute approximate surface area is 90.2 Å². The molecule has 0 heterocycles. The Morgan fingerprint density at radius 3 is 2.33 bits per heavy atom. The van der Waals surface area contributed by atoms with Crippen LogP contribution in [0.4, 0.5) is 0 Å². The predicted molar refractivity (Wildman–Crippen MR) is 40.7 cm³/mol. The summed E-state index contributed by atoms with van der Waals surface area (Å²) in [6, 6.07) is 10.7. The van der Waals surface area contributed by atoms with Crippen molar-refractivity contribution in [2.75, 3.05) is 0 Å². The molecule has 0 saturated heterocycles. The number of hydrogen-bond acceptors (Lipinski definition) is 0. The van der Waals surface area contributed by atoms with Crippen molar-refractivity contribution in [3.05, 3.63) is 35.9 Å². The molecule has 0 N–H and O–H groups in total. The summed E-state index contributed by atoms with van der Waals surface area (Å²) in [4.78, 5) is 0. The molecule has 42 valence electrons. The molecular formula is C8H9K. The zero-order valence-corrected chi connectivity index (χ0v) is 8.92. The van der Waals surface area contributed by atoms with Crippen molar-refractivity contribution in [3.63, 3.8) is 0 Å². The van der Waals surface area contributed by atoms with Crippen LogP contribution in [-0.4, -0.2) is 49.0 Å². The third kappa shape index (κ3) is 2.96. The molecule has 0 aromatic heterocycles. The minimum absolute atomic E-state index is 1.02. The van der Waals surface area contributed by atoms with E-state index in [0.717, 1.165) is 49.0 Å². The molecule has 9 heavy (non-hydrogen) atoms. The summed E-state index contributed by atoms with van der Waals surface area (Å²) in [5, 5.41) is 0. The Morgan fingerprint density at radius 2 is 1.78 bits per heavy atom. The molecule has 0 aliphatic heterocycles. The zero-order valence-electron chi connectivity index (χ0n) is 5.80. The van der Waals surface area contributed by atoms with Crippen LogP contribution in [0, 0.1) is 0 Å². The first kappa shape index (κ1) is 7.96. The molecule has 0 radical (unpaired) electrons. The molecule has 0 bridgehead atoms. The van der Waals surface area contributed by atoms with E-state index in [-0.39, 0.29) is 0 Å². The van der Waals surface area contributed by atoms with Crippen LogP contribution in [0.5, 0.6) is 0 Å². The Bertz CT molecular complexity index is 157. The summed E-state index contributed by atoms with van der Waals surface area (Å²) < 4.78 is 1.43. The van der Waals surface area contributed by atoms with Crippen molar-refractivity contribution in [1.29, 1.82) is 0 Å². The van der Waals surface area contributed by atoms with Gasteiger partial charge in [-0.3, -0.25) is 0 Å². The first-order valence-electron chi connectivity index (χ1n) is 3.47. The number of rotatable bonds is 2. The second kappa shape index (κ2) is 4.64. The Balaban J connectivity index is 2.61. The Kier molecular flexibility index (Phi) is 4.10. The molecular weight excluding hydrogens is 135 g/mol. The van der Waals surface area contributed by atoms with Crippen molar-refractivity contribution in [1.82, 2.24) is 0 Å². The fraction of sp³-hybridized carbons (Fsp3) is 0.250. The molecule has 0 spiro atoms. The summed E-state index contributed by atoms with van der Waals surface area (Å²) in [7, 11) is 0. The fourth-order valence-corrected chi connectivity index (χ4v) is 1.83. The van der Waals surface area contributed by atoms with Gasteiger partial charge in [-0.1, -0.05) is 0 Å². The molecule has 0 aliphatic carbocycles. The van der Waals surface area contributed by atoms with Gasteiger partial charge in [0.05, 0.1) is 0 Å². The van der Waals surface area contributed by atoms with Gasteiger partial charge in [-0.05, 0) is 0 Å². The molecule has 0 saturated carbocycles. The first-order chi connectivity index (χ1) is 4.43. The number of hydrogen-bond donors (Lipinski definition) is 0. The quantitative estimate of drug-likeness (QED) is 0.555. The predicted octanol–water partition coefficient (Wildman–Crippen LogP) is 1.82. The van der Waals surface area contributed by atoms with Crippen LogP contribution >= 0.6 is 0 Å². The number of aryl methyl sites for hydroxylation is 1. The summed E-state index contributed by atoms with van der Waals surface area (Å²) in [5.74, 6) is 0. The van der Waals surface area contributed by atoms with Gasteiger partial charge in [0.25, 0.3) is 0 Å². The van der Waals surface area contributed by atoms with Crippen LogP contribution < -0.4 is 0 Å². The van der Waals surface area contributed by atoms with E-state index < -0.39 is 0 Å². The number of benzene rings is 1. The van der Waals surface area contributed by atoms with Crippen LogP contribution in [0.2, 0.25) is 0.515 Å². The van der Waals surface area contributed by atoms with E-state index >= 15 is 0 Å². The van der Waals surface area contributed by atoms with Crippen molar-refractivity contribution in [2.45, 2.75) is 6.94 Å². The summed E-state index contributed by atoms with van der Waals surface area (Å²) in [6.45, 7) is 0. The Morgan fingerprint density at radius 1 is 1.11 bits per heavy atom. The molecule has 1 aromatic rings. The van der Waals surface area contributed by atoms with Crippen molar-refractivity contribution in [3.8, 4) is 0 Å². The third-order valence-electron chi connectivity index (χ3n) is 1.38. The first-order valence-corrected chi connectivity index (χ1v) is 5.68. The third-order valence-corrected chi connectivity index (χ3v) is 2.16. The van der Waals surface area contributed by atoms with Gasteiger partial charge >= 0.3 is 91.8 Å². The normalized spacial score (nSPS) is 9.56. The standard InChI is InChI=1S/C8H9.K/c1-2-8-6-4-3-5-7-8;/h3-7H,1-2H2;. The average Bonchev–Trinajstić information content (AvgIpc) is 1.91. The van der Waals surface area contributed by atoms with Gasteiger partial charge in [0.2, 0.25) is 0 Å². The van der Waals surface area contributed by atoms with Gasteiger partial charge in [-0.25, -0.2) is 0 Å². The van der Waals surface area contributed by atoms with E-state index in [1.165, 1.54) is 12.5 Å². The molecule has 0 amide bonds. The second-order valence-electron chi connectivity index (χ2n) is 2.24. The van der Waals surface area contributed by atoms with Crippen LogP contribution in [-0.2, 0) is 6.42 Å². The maximum absolute atomic E-state index is 2.20. The molecule has 0 fully saturated rings. The van der Waals surface area contributed by atoms with Gasteiger partial charge in [-0.2, -0.15) is 0 Å². The Hall–Kier alpha value is 0.856. The van der Waals surface area contributed by atoms with E-state index in [9.17, 15) is 0 Å².